The highest BCUT2D eigenvalue weighted by Gasteiger charge is 2.45. The van der Waals surface area contributed by atoms with E-state index in [0.29, 0.717) is 11.8 Å². The third kappa shape index (κ3) is 2.98. The first-order valence-electron chi connectivity index (χ1n) is 8.57. The molecule has 6 nitrogen and oxygen atoms in total. The Bertz CT molecular complexity index is 834. The molecule has 2 aromatic heterocycles. The molecule has 1 saturated carbocycles. The van der Waals surface area contributed by atoms with E-state index in [0.717, 1.165) is 17.8 Å². The van der Waals surface area contributed by atoms with E-state index in [1.807, 2.05) is 18.5 Å². The van der Waals surface area contributed by atoms with Gasteiger partial charge in [-0.3, -0.25) is 9.97 Å². The van der Waals surface area contributed by atoms with Crippen molar-refractivity contribution in [2.24, 2.45) is 0 Å². The number of aromatic nitrogens is 4. The molecule has 0 spiro atoms. The molecule has 2 atom stereocenters. The quantitative estimate of drug-likeness (QED) is 0.704. The van der Waals surface area contributed by atoms with E-state index in [1.165, 1.54) is 5.56 Å². The molecule has 1 fully saturated rings. The fourth-order valence-electron chi connectivity index (χ4n) is 3.68. The Morgan fingerprint density at radius 3 is 1.81 bits per heavy atom. The van der Waals surface area contributed by atoms with Crippen molar-refractivity contribution in [2.75, 3.05) is 14.2 Å². The predicted octanol–water partition coefficient (Wildman–Crippen LogP) is 3.34. The van der Waals surface area contributed by atoms with Crippen molar-refractivity contribution in [1.82, 2.24) is 19.9 Å². The molecule has 0 saturated heterocycles. The molecule has 1 aliphatic rings. The zero-order valence-electron chi connectivity index (χ0n) is 14.7. The molecule has 26 heavy (non-hydrogen) atoms. The molecule has 2 unspecified atom stereocenters. The van der Waals surface area contributed by atoms with Crippen molar-refractivity contribution in [3.8, 4) is 11.8 Å². The lowest BCUT2D eigenvalue weighted by Crippen LogP contribution is -2.32. The topological polar surface area (TPSA) is 70.0 Å². The minimum atomic E-state index is 0.262. The number of hydrogen-bond acceptors (Lipinski definition) is 6. The summed E-state index contributed by atoms with van der Waals surface area (Å²) in [6, 6.07) is 10.5. The van der Waals surface area contributed by atoms with E-state index in [2.05, 4.69) is 44.2 Å². The van der Waals surface area contributed by atoms with Gasteiger partial charge in [0.2, 0.25) is 11.8 Å². The van der Waals surface area contributed by atoms with Gasteiger partial charge in [-0.1, -0.05) is 30.3 Å². The van der Waals surface area contributed by atoms with Crippen molar-refractivity contribution in [3.05, 3.63) is 72.1 Å². The molecule has 132 valence electrons. The summed E-state index contributed by atoms with van der Waals surface area (Å²) >= 11 is 0. The zero-order valence-corrected chi connectivity index (χ0v) is 14.7. The third-order valence-electron chi connectivity index (χ3n) is 5.00. The summed E-state index contributed by atoms with van der Waals surface area (Å²) in [4.78, 5) is 17.8. The van der Waals surface area contributed by atoms with Crippen LogP contribution in [0.15, 0.2) is 55.1 Å². The maximum absolute atomic E-state index is 5.24. The Balaban J connectivity index is 1.70. The van der Waals surface area contributed by atoms with Crippen molar-refractivity contribution < 1.29 is 9.47 Å². The van der Waals surface area contributed by atoms with Crippen molar-refractivity contribution in [3.63, 3.8) is 0 Å². The van der Waals surface area contributed by atoms with Crippen LogP contribution in [0.25, 0.3) is 0 Å². The highest BCUT2D eigenvalue weighted by Crippen LogP contribution is 2.57. The second kappa shape index (κ2) is 7.07. The van der Waals surface area contributed by atoms with Gasteiger partial charge in [-0.2, -0.15) is 0 Å². The van der Waals surface area contributed by atoms with Gasteiger partial charge in [0.05, 0.1) is 38.0 Å². The number of benzene rings is 1. The lowest BCUT2D eigenvalue weighted by Gasteiger charge is -2.44. The van der Waals surface area contributed by atoms with Gasteiger partial charge in [0.15, 0.2) is 0 Å². The fraction of sp³-hybridized carbons (Fsp3) is 0.300. The summed E-state index contributed by atoms with van der Waals surface area (Å²) in [5.41, 5.74) is 3.17. The second-order valence-electron chi connectivity index (χ2n) is 6.36. The Hall–Kier alpha value is -3.02. The number of nitrogens with zero attached hydrogens (tertiary/aromatic N) is 4. The highest BCUT2D eigenvalue weighted by molar-refractivity contribution is 5.36. The van der Waals surface area contributed by atoms with Gasteiger partial charge in [-0.05, 0) is 12.0 Å². The van der Waals surface area contributed by atoms with Gasteiger partial charge < -0.3 is 9.47 Å². The first kappa shape index (κ1) is 16.4. The molecule has 4 rings (SSSR count). The smallest absolute Gasteiger partial charge is 0.232 e. The lowest BCUT2D eigenvalue weighted by molar-refractivity contribution is 0.268. The minimum Gasteiger partial charge on any atom is -0.480 e. The van der Waals surface area contributed by atoms with Gasteiger partial charge in [0, 0.05) is 30.1 Å². The van der Waals surface area contributed by atoms with E-state index >= 15 is 0 Å². The Kier molecular flexibility index (Phi) is 4.48. The van der Waals surface area contributed by atoms with E-state index in [4.69, 9.17) is 9.47 Å². The fourth-order valence-corrected chi connectivity index (χ4v) is 3.68. The summed E-state index contributed by atoms with van der Waals surface area (Å²) in [5, 5.41) is 0. The van der Waals surface area contributed by atoms with Crippen LogP contribution in [-0.2, 0) is 0 Å². The standard InChI is InChI=1S/C20H20N4O2/c1-25-18-11-21-9-16(23-18)14-8-15(17-10-22-12-19(24-17)26-2)20(14)13-6-4-3-5-7-13/h3-7,9-12,14-15,20H,8H2,1-2H3. The molecule has 3 aromatic rings. The minimum absolute atomic E-state index is 0.262. The first-order chi connectivity index (χ1) is 12.8. The maximum Gasteiger partial charge on any atom is 0.232 e. The molecule has 0 radical (unpaired) electrons. The SMILES string of the molecule is COc1cncc(C2CC(c3cncc(OC)n3)C2c2ccccc2)n1. The van der Waals surface area contributed by atoms with Crippen LogP contribution in [0.2, 0.25) is 0 Å². The Labute approximate surface area is 152 Å². The number of hydrogen-bond donors (Lipinski definition) is 0. The van der Waals surface area contributed by atoms with Crippen LogP contribution in [0.5, 0.6) is 11.8 Å². The number of rotatable bonds is 5. The number of methoxy groups -OCH3 is 2. The molecule has 0 N–H and O–H groups in total. The van der Waals surface area contributed by atoms with Gasteiger partial charge in [0.25, 0.3) is 0 Å². The average Bonchev–Trinajstić information content (AvgIpc) is 2.68. The van der Waals surface area contributed by atoms with E-state index in [-0.39, 0.29) is 17.8 Å². The molecule has 0 amide bonds. The van der Waals surface area contributed by atoms with Crippen LogP contribution >= 0.6 is 0 Å². The molecule has 2 heterocycles. The summed E-state index contributed by atoms with van der Waals surface area (Å²) in [7, 11) is 3.22. The second-order valence-corrected chi connectivity index (χ2v) is 6.36. The lowest BCUT2D eigenvalue weighted by atomic mass is 9.59. The zero-order chi connectivity index (χ0) is 17.9. The van der Waals surface area contributed by atoms with Crippen LogP contribution in [0.1, 0.15) is 41.1 Å². The van der Waals surface area contributed by atoms with Gasteiger partial charge >= 0.3 is 0 Å². The molecular formula is C20H20N4O2. The van der Waals surface area contributed by atoms with Crippen molar-refractivity contribution in [1.29, 1.82) is 0 Å². The largest absolute Gasteiger partial charge is 0.480 e. The normalized spacial score (nSPS) is 21.7. The molecule has 6 heteroatoms. The Morgan fingerprint density at radius 1 is 0.769 bits per heavy atom. The Morgan fingerprint density at radius 2 is 1.31 bits per heavy atom. The molecule has 0 aliphatic heterocycles. The summed E-state index contributed by atoms with van der Waals surface area (Å²) in [6.07, 6.45) is 7.85. The molecular weight excluding hydrogens is 328 g/mol. The molecule has 1 aromatic carbocycles. The first-order valence-corrected chi connectivity index (χ1v) is 8.57. The third-order valence-corrected chi connectivity index (χ3v) is 5.00. The maximum atomic E-state index is 5.24. The van der Waals surface area contributed by atoms with Crippen molar-refractivity contribution >= 4 is 0 Å². The monoisotopic (exact) mass is 348 g/mol. The predicted molar refractivity (Wildman–Crippen MR) is 96.5 cm³/mol. The van der Waals surface area contributed by atoms with Crippen molar-refractivity contribution in [2.45, 2.75) is 24.2 Å². The average molecular weight is 348 g/mol. The van der Waals surface area contributed by atoms with Crippen LogP contribution < -0.4 is 9.47 Å². The van der Waals surface area contributed by atoms with Crippen LogP contribution in [-0.4, -0.2) is 34.2 Å². The number of ether oxygens (including phenoxy) is 2. The van der Waals surface area contributed by atoms with Crippen LogP contribution in [0.4, 0.5) is 0 Å². The van der Waals surface area contributed by atoms with E-state index in [1.54, 1.807) is 26.6 Å². The van der Waals surface area contributed by atoms with Gasteiger partial charge in [0.1, 0.15) is 0 Å². The van der Waals surface area contributed by atoms with E-state index in [9.17, 15) is 0 Å². The summed E-state index contributed by atoms with van der Waals surface area (Å²) in [5.74, 6) is 1.87. The summed E-state index contributed by atoms with van der Waals surface area (Å²) in [6.45, 7) is 0. The highest BCUT2D eigenvalue weighted by atomic mass is 16.5. The van der Waals surface area contributed by atoms with Crippen LogP contribution in [0.3, 0.4) is 0 Å². The molecule has 1 aliphatic carbocycles. The van der Waals surface area contributed by atoms with E-state index < -0.39 is 0 Å². The van der Waals surface area contributed by atoms with Gasteiger partial charge in [-0.15, -0.1) is 0 Å². The molecule has 0 bridgehead atoms. The van der Waals surface area contributed by atoms with Gasteiger partial charge in [-0.25, -0.2) is 9.97 Å². The van der Waals surface area contributed by atoms with Crippen LogP contribution in [0, 0.1) is 0 Å². The summed E-state index contributed by atoms with van der Waals surface area (Å²) < 4.78 is 10.5.